The summed E-state index contributed by atoms with van der Waals surface area (Å²) in [6.07, 6.45) is 2.53. The average molecular weight is 305 g/mol. The maximum atomic E-state index is 12.3. The first-order chi connectivity index (χ1) is 10.1. The van der Waals surface area contributed by atoms with E-state index in [0.717, 1.165) is 36.0 Å². The minimum absolute atomic E-state index is 0.176. The molecule has 0 spiro atoms. The molecule has 2 aromatic heterocycles. The Kier molecular flexibility index (Phi) is 5.21. The van der Waals surface area contributed by atoms with Gasteiger partial charge in [-0.25, -0.2) is 4.98 Å². The van der Waals surface area contributed by atoms with Crippen molar-refractivity contribution >= 4 is 28.3 Å². The second-order valence-corrected chi connectivity index (χ2v) is 5.77. The Bertz CT molecular complexity index is 597. The number of amides is 1. The van der Waals surface area contributed by atoms with Crippen LogP contribution in [-0.4, -0.2) is 27.0 Å². The predicted octanol–water partition coefficient (Wildman–Crippen LogP) is 3.13. The van der Waals surface area contributed by atoms with Gasteiger partial charge in [0.05, 0.1) is 6.20 Å². The van der Waals surface area contributed by atoms with Crippen molar-refractivity contribution in [1.29, 1.82) is 0 Å². The molecule has 0 radical (unpaired) electrons. The first-order valence-corrected chi connectivity index (χ1v) is 7.72. The van der Waals surface area contributed by atoms with E-state index >= 15 is 0 Å². The van der Waals surface area contributed by atoms with E-state index < -0.39 is 0 Å². The lowest BCUT2D eigenvalue weighted by molar-refractivity contribution is 0.102. The van der Waals surface area contributed by atoms with Crippen LogP contribution in [0.1, 0.15) is 49.2 Å². The number of rotatable bonds is 6. The Labute approximate surface area is 128 Å². The molecule has 2 aromatic rings. The van der Waals surface area contributed by atoms with E-state index in [0.29, 0.717) is 10.6 Å². The van der Waals surface area contributed by atoms with Crippen molar-refractivity contribution in [1.82, 2.24) is 14.6 Å². The van der Waals surface area contributed by atoms with Crippen LogP contribution in [0.5, 0.6) is 0 Å². The van der Waals surface area contributed by atoms with Crippen molar-refractivity contribution in [2.45, 2.75) is 33.1 Å². The second kappa shape index (κ2) is 7.12. The highest BCUT2D eigenvalue weighted by Crippen LogP contribution is 2.19. The summed E-state index contributed by atoms with van der Waals surface area (Å²) in [5.74, 6) is 0.811. The molecule has 0 aromatic carbocycles. The topological polar surface area (TPSA) is 79.8 Å². The van der Waals surface area contributed by atoms with Crippen LogP contribution in [0.15, 0.2) is 18.3 Å². The highest BCUT2D eigenvalue weighted by Gasteiger charge is 2.13. The smallest absolute Gasteiger partial charge is 0.256 e. The van der Waals surface area contributed by atoms with Gasteiger partial charge in [-0.2, -0.15) is 0 Å². The zero-order valence-electron chi connectivity index (χ0n) is 12.4. The monoisotopic (exact) mass is 305 g/mol. The summed E-state index contributed by atoms with van der Waals surface area (Å²) >= 11 is 1.15. The standard InChI is InChI=1S/C14H19N5OS/c1-4-5-15-12-7-10(6-11(17-12)9(2)3)14(20)18-13-8-16-19-21-13/h6-9H,4-5H2,1-3H3,(H,15,17)(H,18,20). The minimum atomic E-state index is -0.176. The maximum Gasteiger partial charge on any atom is 0.256 e. The fourth-order valence-electron chi connectivity index (χ4n) is 1.73. The Morgan fingerprint density at radius 2 is 2.19 bits per heavy atom. The lowest BCUT2D eigenvalue weighted by Crippen LogP contribution is -2.14. The molecule has 0 aliphatic heterocycles. The zero-order valence-corrected chi connectivity index (χ0v) is 13.2. The lowest BCUT2D eigenvalue weighted by atomic mass is 10.1. The molecule has 1 amide bonds. The zero-order chi connectivity index (χ0) is 15.2. The van der Waals surface area contributed by atoms with E-state index in [9.17, 15) is 4.79 Å². The van der Waals surface area contributed by atoms with Crippen LogP contribution in [-0.2, 0) is 0 Å². The summed E-state index contributed by atoms with van der Waals surface area (Å²) in [7, 11) is 0. The van der Waals surface area contributed by atoms with Crippen LogP contribution < -0.4 is 10.6 Å². The summed E-state index contributed by atoms with van der Waals surface area (Å²) in [6, 6.07) is 3.59. The van der Waals surface area contributed by atoms with Gasteiger partial charge < -0.3 is 10.6 Å². The molecule has 2 heterocycles. The number of aromatic nitrogens is 3. The van der Waals surface area contributed by atoms with Crippen LogP contribution in [0.2, 0.25) is 0 Å². The van der Waals surface area contributed by atoms with E-state index in [-0.39, 0.29) is 11.8 Å². The molecule has 6 nitrogen and oxygen atoms in total. The number of carbonyl (C=O) groups excluding carboxylic acids is 1. The Morgan fingerprint density at radius 1 is 1.38 bits per heavy atom. The van der Waals surface area contributed by atoms with Gasteiger partial charge in [-0.3, -0.25) is 4.79 Å². The highest BCUT2D eigenvalue weighted by atomic mass is 32.1. The molecule has 0 unspecified atom stereocenters. The number of pyridine rings is 1. The normalized spacial score (nSPS) is 10.7. The molecule has 0 aliphatic carbocycles. The molecular formula is C14H19N5OS. The van der Waals surface area contributed by atoms with E-state index in [1.807, 2.05) is 6.07 Å². The van der Waals surface area contributed by atoms with Gasteiger partial charge in [-0.1, -0.05) is 25.3 Å². The molecule has 2 N–H and O–H groups in total. The number of anilines is 2. The van der Waals surface area contributed by atoms with Crippen LogP contribution in [0.25, 0.3) is 0 Å². The quantitative estimate of drug-likeness (QED) is 0.857. The van der Waals surface area contributed by atoms with Crippen molar-refractivity contribution in [3.8, 4) is 0 Å². The fourth-order valence-corrected chi connectivity index (χ4v) is 2.14. The van der Waals surface area contributed by atoms with E-state index in [4.69, 9.17) is 0 Å². The predicted molar refractivity (Wildman–Crippen MR) is 85.0 cm³/mol. The van der Waals surface area contributed by atoms with Gasteiger partial charge in [0, 0.05) is 29.3 Å². The average Bonchev–Trinajstić information content (AvgIpc) is 2.97. The molecule has 0 aliphatic rings. The van der Waals surface area contributed by atoms with Gasteiger partial charge in [0.1, 0.15) is 10.8 Å². The number of nitrogens with zero attached hydrogens (tertiary/aromatic N) is 3. The summed E-state index contributed by atoms with van der Waals surface area (Å²) in [6.45, 7) is 7.03. The van der Waals surface area contributed by atoms with E-state index in [2.05, 4.69) is 46.0 Å². The number of nitrogens with one attached hydrogen (secondary N) is 2. The second-order valence-electron chi connectivity index (χ2n) is 4.98. The molecule has 0 saturated heterocycles. The Morgan fingerprint density at radius 3 is 2.81 bits per heavy atom. The van der Waals surface area contributed by atoms with Gasteiger partial charge in [0.15, 0.2) is 0 Å². The molecule has 0 atom stereocenters. The SMILES string of the molecule is CCCNc1cc(C(=O)Nc2cnns2)cc(C(C)C)n1. The molecule has 0 bridgehead atoms. The van der Waals surface area contributed by atoms with Gasteiger partial charge in [-0.05, 0) is 24.5 Å². The van der Waals surface area contributed by atoms with Gasteiger partial charge in [0.25, 0.3) is 5.91 Å². The van der Waals surface area contributed by atoms with Crippen LogP contribution in [0.3, 0.4) is 0 Å². The fraction of sp³-hybridized carbons (Fsp3) is 0.429. The number of hydrogen-bond donors (Lipinski definition) is 2. The molecular weight excluding hydrogens is 286 g/mol. The Balaban J connectivity index is 2.23. The third-order valence-electron chi connectivity index (χ3n) is 2.85. The first kappa shape index (κ1) is 15.4. The van der Waals surface area contributed by atoms with Crippen LogP contribution in [0, 0.1) is 0 Å². The summed E-state index contributed by atoms with van der Waals surface area (Å²) in [5, 5.41) is 10.3. The highest BCUT2D eigenvalue weighted by molar-refractivity contribution is 7.10. The number of carbonyl (C=O) groups is 1. The lowest BCUT2D eigenvalue weighted by Gasteiger charge is -2.12. The summed E-state index contributed by atoms with van der Waals surface area (Å²) in [5.41, 5.74) is 1.48. The first-order valence-electron chi connectivity index (χ1n) is 6.94. The molecule has 2 rings (SSSR count). The van der Waals surface area contributed by atoms with E-state index in [1.165, 1.54) is 6.20 Å². The number of hydrogen-bond acceptors (Lipinski definition) is 6. The van der Waals surface area contributed by atoms with Crippen LogP contribution >= 0.6 is 11.5 Å². The molecule has 21 heavy (non-hydrogen) atoms. The van der Waals surface area contributed by atoms with Crippen molar-refractivity contribution in [3.05, 3.63) is 29.6 Å². The molecule has 7 heteroatoms. The van der Waals surface area contributed by atoms with Crippen molar-refractivity contribution in [2.24, 2.45) is 0 Å². The van der Waals surface area contributed by atoms with E-state index in [1.54, 1.807) is 6.07 Å². The minimum Gasteiger partial charge on any atom is -0.370 e. The molecule has 0 saturated carbocycles. The summed E-state index contributed by atoms with van der Waals surface area (Å²) in [4.78, 5) is 16.8. The maximum absolute atomic E-state index is 12.3. The third-order valence-corrected chi connectivity index (χ3v) is 3.43. The molecule has 112 valence electrons. The molecule has 0 fully saturated rings. The Hall–Kier alpha value is -2.02. The summed E-state index contributed by atoms with van der Waals surface area (Å²) < 4.78 is 3.73. The van der Waals surface area contributed by atoms with Crippen LogP contribution in [0.4, 0.5) is 10.8 Å². The largest absolute Gasteiger partial charge is 0.370 e. The van der Waals surface area contributed by atoms with Gasteiger partial charge in [0.2, 0.25) is 0 Å². The van der Waals surface area contributed by atoms with Crippen molar-refractivity contribution in [2.75, 3.05) is 17.2 Å². The van der Waals surface area contributed by atoms with Gasteiger partial charge >= 0.3 is 0 Å². The van der Waals surface area contributed by atoms with Gasteiger partial charge in [-0.15, -0.1) is 5.10 Å². The van der Waals surface area contributed by atoms with Crippen molar-refractivity contribution < 1.29 is 4.79 Å². The van der Waals surface area contributed by atoms with Crippen molar-refractivity contribution in [3.63, 3.8) is 0 Å². The third kappa shape index (κ3) is 4.22.